The van der Waals surface area contributed by atoms with Crippen molar-refractivity contribution >= 4 is 40.9 Å². The van der Waals surface area contributed by atoms with Crippen LogP contribution in [0.5, 0.6) is 0 Å². The molecule has 0 aliphatic rings. The number of carbonyl (C=O) groups is 1. The standard InChI is InChI=1S/C11H13Cl2NO2S/c1-17-6-11(16)14-5-10(15)7-2-8(12)4-9(13)3-7/h2-4,10,15H,5-6H2,1H3,(H,14,16)/t10-/m0/s1. The summed E-state index contributed by atoms with van der Waals surface area (Å²) < 4.78 is 0. The second-order valence-electron chi connectivity index (χ2n) is 3.46. The first kappa shape index (κ1) is 14.6. The Morgan fingerprint density at radius 2 is 2.00 bits per heavy atom. The predicted octanol–water partition coefficient (Wildman–Crippen LogP) is 2.51. The van der Waals surface area contributed by atoms with Crippen LogP contribution in [0.2, 0.25) is 10.0 Å². The Morgan fingerprint density at radius 3 is 2.53 bits per heavy atom. The van der Waals surface area contributed by atoms with Crippen molar-refractivity contribution in [2.75, 3.05) is 18.6 Å². The number of aliphatic hydroxyl groups excluding tert-OH is 1. The molecule has 1 aromatic carbocycles. The highest BCUT2D eigenvalue weighted by Gasteiger charge is 2.10. The first-order valence-electron chi connectivity index (χ1n) is 4.92. The van der Waals surface area contributed by atoms with Gasteiger partial charge in [0.1, 0.15) is 0 Å². The van der Waals surface area contributed by atoms with E-state index in [1.165, 1.54) is 11.8 Å². The van der Waals surface area contributed by atoms with Gasteiger partial charge in [0.05, 0.1) is 11.9 Å². The number of rotatable bonds is 5. The molecule has 1 atom stereocenters. The molecule has 1 amide bonds. The predicted molar refractivity (Wildman–Crippen MR) is 72.8 cm³/mol. The number of thioether (sulfide) groups is 1. The molecule has 0 aliphatic heterocycles. The lowest BCUT2D eigenvalue weighted by Gasteiger charge is -2.12. The second-order valence-corrected chi connectivity index (χ2v) is 5.19. The maximum Gasteiger partial charge on any atom is 0.230 e. The van der Waals surface area contributed by atoms with E-state index in [9.17, 15) is 9.90 Å². The summed E-state index contributed by atoms with van der Waals surface area (Å²) in [6.45, 7) is 0.149. The van der Waals surface area contributed by atoms with Gasteiger partial charge in [0.25, 0.3) is 0 Å². The van der Waals surface area contributed by atoms with E-state index >= 15 is 0 Å². The average Bonchev–Trinajstić information content (AvgIpc) is 2.25. The molecule has 17 heavy (non-hydrogen) atoms. The number of hydrogen-bond donors (Lipinski definition) is 2. The first-order valence-corrected chi connectivity index (χ1v) is 7.07. The van der Waals surface area contributed by atoms with Crippen LogP contribution >= 0.6 is 35.0 Å². The maximum absolute atomic E-state index is 11.2. The fourth-order valence-corrected chi connectivity index (χ4v) is 2.19. The van der Waals surface area contributed by atoms with Gasteiger partial charge in [-0.2, -0.15) is 11.8 Å². The molecule has 1 rings (SSSR count). The van der Waals surface area contributed by atoms with Crippen LogP contribution in [0.15, 0.2) is 18.2 Å². The van der Waals surface area contributed by atoms with Gasteiger partial charge < -0.3 is 10.4 Å². The second kappa shape index (κ2) is 7.11. The monoisotopic (exact) mass is 293 g/mol. The van der Waals surface area contributed by atoms with E-state index in [1.807, 2.05) is 6.26 Å². The number of halogens is 2. The highest BCUT2D eigenvalue weighted by molar-refractivity contribution is 7.99. The first-order chi connectivity index (χ1) is 8.02. The Morgan fingerprint density at radius 1 is 1.41 bits per heavy atom. The van der Waals surface area contributed by atoms with E-state index in [1.54, 1.807) is 18.2 Å². The van der Waals surface area contributed by atoms with Gasteiger partial charge in [-0.3, -0.25) is 4.79 Å². The summed E-state index contributed by atoms with van der Waals surface area (Å²) in [7, 11) is 0. The van der Waals surface area contributed by atoms with Crippen LogP contribution in [0.25, 0.3) is 0 Å². The molecule has 0 radical (unpaired) electrons. The summed E-state index contributed by atoms with van der Waals surface area (Å²) in [5.74, 6) is 0.271. The molecule has 2 N–H and O–H groups in total. The molecule has 0 heterocycles. The normalized spacial score (nSPS) is 12.2. The lowest BCUT2D eigenvalue weighted by atomic mass is 10.1. The third kappa shape index (κ3) is 5.17. The molecule has 3 nitrogen and oxygen atoms in total. The molecule has 0 saturated carbocycles. The van der Waals surface area contributed by atoms with Crippen LogP contribution in [0.1, 0.15) is 11.7 Å². The molecule has 1 aromatic rings. The third-order valence-electron chi connectivity index (χ3n) is 2.04. The molecule has 0 unspecified atom stereocenters. The fourth-order valence-electron chi connectivity index (χ4n) is 1.28. The lowest BCUT2D eigenvalue weighted by molar-refractivity contribution is -0.119. The molecule has 0 aromatic heterocycles. The van der Waals surface area contributed by atoms with Crippen molar-refractivity contribution in [1.29, 1.82) is 0 Å². The Hall–Kier alpha value is -0.420. The van der Waals surface area contributed by atoms with Gasteiger partial charge in [-0.05, 0) is 30.0 Å². The molecule has 0 fully saturated rings. The van der Waals surface area contributed by atoms with Crippen molar-refractivity contribution < 1.29 is 9.90 Å². The van der Waals surface area contributed by atoms with Crippen molar-refractivity contribution in [2.45, 2.75) is 6.10 Å². The van der Waals surface area contributed by atoms with Gasteiger partial charge in [-0.1, -0.05) is 23.2 Å². The zero-order chi connectivity index (χ0) is 12.8. The molecule has 0 spiro atoms. The number of aliphatic hydroxyl groups is 1. The number of carbonyl (C=O) groups excluding carboxylic acids is 1. The number of nitrogens with one attached hydrogen (secondary N) is 1. The molecule has 0 saturated heterocycles. The Labute approximate surface area is 114 Å². The van der Waals surface area contributed by atoms with Crippen molar-refractivity contribution in [3.05, 3.63) is 33.8 Å². The topological polar surface area (TPSA) is 49.3 Å². The van der Waals surface area contributed by atoms with Gasteiger partial charge in [0.2, 0.25) is 5.91 Å². The van der Waals surface area contributed by atoms with Crippen LogP contribution in [-0.2, 0) is 4.79 Å². The SMILES string of the molecule is CSCC(=O)NC[C@H](O)c1cc(Cl)cc(Cl)c1. The minimum atomic E-state index is -0.808. The third-order valence-corrected chi connectivity index (χ3v) is 3.02. The summed E-state index contributed by atoms with van der Waals surface area (Å²) in [6, 6.07) is 4.84. The van der Waals surface area contributed by atoms with Gasteiger partial charge in [-0.15, -0.1) is 0 Å². The number of benzene rings is 1. The van der Waals surface area contributed by atoms with Gasteiger partial charge in [0, 0.05) is 16.6 Å². The van der Waals surface area contributed by atoms with Crippen LogP contribution < -0.4 is 5.32 Å². The Balaban J connectivity index is 2.57. The largest absolute Gasteiger partial charge is 0.387 e. The molecular weight excluding hydrogens is 281 g/mol. The van der Waals surface area contributed by atoms with Crippen molar-refractivity contribution in [1.82, 2.24) is 5.32 Å². The minimum Gasteiger partial charge on any atom is -0.387 e. The molecular formula is C11H13Cl2NO2S. The van der Waals surface area contributed by atoms with E-state index < -0.39 is 6.10 Å². The fraction of sp³-hybridized carbons (Fsp3) is 0.364. The average molecular weight is 294 g/mol. The number of hydrogen-bond acceptors (Lipinski definition) is 3. The highest BCUT2D eigenvalue weighted by Crippen LogP contribution is 2.23. The van der Waals surface area contributed by atoms with Crippen LogP contribution in [0.4, 0.5) is 0 Å². The Bertz CT molecular complexity index is 381. The summed E-state index contributed by atoms with van der Waals surface area (Å²) in [5, 5.41) is 13.4. The van der Waals surface area contributed by atoms with E-state index in [0.717, 1.165) is 0 Å². The lowest BCUT2D eigenvalue weighted by Crippen LogP contribution is -2.29. The molecule has 0 aliphatic carbocycles. The summed E-state index contributed by atoms with van der Waals surface area (Å²) in [6.07, 6.45) is 1.03. The van der Waals surface area contributed by atoms with Gasteiger partial charge in [0.15, 0.2) is 0 Å². The number of amides is 1. The van der Waals surface area contributed by atoms with Crippen molar-refractivity contribution in [3.8, 4) is 0 Å². The molecule has 94 valence electrons. The van der Waals surface area contributed by atoms with E-state index in [0.29, 0.717) is 21.4 Å². The maximum atomic E-state index is 11.2. The van der Waals surface area contributed by atoms with Gasteiger partial charge >= 0.3 is 0 Å². The minimum absolute atomic E-state index is 0.107. The van der Waals surface area contributed by atoms with Crippen LogP contribution in [0.3, 0.4) is 0 Å². The smallest absolute Gasteiger partial charge is 0.230 e. The quantitative estimate of drug-likeness (QED) is 0.877. The van der Waals surface area contributed by atoms with Crippen molar-refractivity contribution in [2.24, 2.45) is 0 Å². The summed E-state index contributed by atoms with van der Waals surface area (Å²) in [5.41, 5.74) is 0.590. The summed E-state index contributed by atoms with van der Waals surface area (Å²) in [4.78, 5) is 11.2. The Kier molecular flexibility index (Phi) is 6.12. The van der Waals surface area contributed by atoms with Crippen LogP contribution in [0, 0.1) is 0 Å². The summed E-state index contributed by atoms with van der Waals surface area (Å²) >= 11 is 13.1. The zero-order valence-electron chi connectivity index (χ0n) is 9.24. The van der Waals surface area contributed by atoms with Gasteiger partial charge in [-0.25, -0.2) is 0 Å². The molecule has 6 heteroatoms. The van der Waals surface area contributed by atoms with E-state index in [-0.39, 0.29) is 12.5 Å². The highest BCUT2D eigenvalue weighted by atomic mass is 35.5. The van der Waals surface area contributed by atoms with E-state index in [4.69, 9.17) is 23.2 Å². The molecule has 0 bridgehead atoms. The van der Waals surface area contributed by atoms with Crippen LogP contribution in [-0.4, -0.2) is 29.6 Å². The van der Waals surface area contributed by atoms with Crippen molar-refractivity contribution in [3.63, 3.8) is 0 Å². The zero-order valence-corrected chi connectivity index (χ0v) is 11.6. The van der Waals surface area contributed by atoms with E-state index in [2.05, 4.69) is 5.32 Å².